The zero-order valence-electron chi connectivity index (χ0n) is 10.1. The summed E-state index contributed by atoms with van der Waals surface area (Å²) in [5.41, 5.74) is 0.891. The van der Waals surface area contributed by atoms with Crippen LogP contribution in [0.2, 0.25) is 0 Å². The average molecular weight is 242 g/mol. The van der Waals surface area contributed by atoms with Gasteiger partial charge in [-0.25, -0.2) is 0 Å². The number of benzene rings is 2. The molecule has 0 atom stereocenters. The first kappa shape index (κ1) is 12.4. The normalized spacial score (nSPS) is 9.89. The van der Waals surface area contributed by atoms with E-state index in [-0.39, 0.29) is 13.4 Å². The molecule has 0 amide bonds. The maximum absolute atomic E-state index is 8.66. The topological polar surface area (TPSA) is 38.7 Å². The van der Waals surface area contributed by atoms with Gasteiger partial charge < -0.3 is 14.6 Å². The standard InChI is InChI=1S/C15H14O3/c1-17-11-18-15-7-6-13-9-12(3-2-8-16)4-5-14(13)10-15/h4-7,9-10,16H,8,11H2,1H3. The third-order valence-electron chi connectivity index (χ3n) is 2.47. The lowest BCUT2D eigenvalue weighted by atomic mass is 10.1. The highest BCUT2D eigenvalue weighted by Crippen LogP contribution is 2.21. The minimum Gasteiger partial charge on any atom is -0.468 e. The SMILES string of the molecule is COCOc1ccc2cc(C#CCO)ccc2c1. The summed E-state index contributed by atoms with van der Waals surface area (Å²) in [6.07, 6.45) is 0. The highest BCUT2D eigenvalue weighted by atomic mass is 16.7. The first-order valence-electron chi connectivity index (χ1n) is 5.59. The van der Waals surface area contributed by atoms with Crippen LogP contribution in [0.3, 0.4) is 0 Å². The van der Waals surface area contributed by atoms with Crippen molar-refractivity contribution in [3.05, 3.63) is 42.0 Å². The second kappa shape index (κ2) is 6.06. The van der Waals surface area contributed by atoms with Gasteiger partial charge in [0, 0.05) is 12.7 Å². The zero-order valence-corrected chi connectivity index (χ0v) is 10.1. The van der Waals surface area contributed by atoms with Crippen molar-refractivity contribution in [1.82, 2.24) is 0 Å². The van der Waals surface area contributed by atoms with E-state index in [0.29, 0.717) is 0 Å². The van der Waals surface area contributed by atoms with E-state index in [2.05, 4.69) is 11.8 Å². The van der Waals surface area contributed by atoms with E-state index in [1.54, 1.807) is 7.11 Å². The van der Waals surface area contributed by atoms with E-state index in [1.165, 1.54) is 0 Å². The highest BCUT2D eigenvalue weighted by Gasteiger charge is 1.98. The lowest BCUT2D eigenvalue weighted by molar-refractivity contribution is 0.0512. The molecule has 0 aliphatic heterocycles. The van der Waals surface area contributed by atoms with Crippen LogP contribution in [0, 0.1) is 11.8 Å². The molecule has 0 bridgehead atoms. The number of ether oxygens (including phenoxy) is 2. The predicted octanol–water partition coefficient (Wildman–Crippen LogP) is 2.17. The van der Waals surface area contributed by atoms with Crippen molar-refractivity contribution in [2.24, 2.45) is 0 Å². The fourth-order valence-corrected chi connectivity index (χ4v) is 1.66. The summed E-state index contributed by atoms with van der Waals surface area (Å²) in [4.78, 5) is 0. The average Bonchev–Trinajstić information content (AvgIpc) is 2.42. The Morgan fingerprint density at radius 1 is 1.11 bits per heavy atom. The highest BCUT2D eigenvalue weighted by molar-refractivity contribution is 5.85. The van der Waals surface area contributed by atoms with Crippen LogP contribution in [0.15, 0.2) is 36.4 Å². The van der Waals surface area contributed by atoms with Crippen molar-refractivity contribution in [2.75, 3.05) is 20.5 Å². The van der Waals surface area contributed by atoms with Crippen molar-refractivity contribution in [1.29, 1.82) is 0 Å². The van der Waals surface area contributed by atoms with E-state index in [0.717, 1.165) is 22.1 Å². The Morgan fingerprint density at radius 2 is 1.89 bits per heavy atom. The molecule has 0 aliphatic rings. The van der Waals surface area contributed by atoms with Gasteiger partial charge >= 0.3 is 0 Å². The largest absolute Gasteiger partial charge is 0.468 e. The van der Waals surface area contributed by atoms with E-state index in [9.17, 15) is 0 Å². The Hall–Kier alpha value is -2.02. The van der Waals surface area contributed by atoms with E-state index in [1.807, 2.05) is 36.4 Å². The second-order valence-electron chi connectivity index (χ2n) is 3.73. The number of hydrogen-bond acceptors (Lipinski definition) is 3. The Morgan fingerprint density at radius 3 is 2.67 bits per heavy atom. The van der Waals surface area contributed by atoms with E-state index < -0.39 is 0 Å². The van der Waals surface area contributed by atoms with Gasteiger partial charge in [0.05, 0.1) is 0 Å². The van der Waals surface area contributed by atoms with Crippen molar-refractivity contribution < 1.29 is 14.6 Å². The summed E-state index contributed by atoms with van der Waals surface area (Å²) in [7, 11) is 1.59. The van der Waals surface area contributed by atoms with Crippen LogP contribution < -0.4 is 4.74 Å². The fourth-order valence-electron chi connectivity index (χ4n) is 1.66. The Labute approximate surface area is 106 Å². The van der Waals surface area contributed by atoms with Crippen LogP contribution in [0.4, 0.5) is 0 Å². The zero-order chi connectivity index (χ0) is 12.8. The summed E-state index contributed by atoms with van der Waals surface area (Å²) in [6.45, 7) is 0.118. The number of fused-ring (bicyclic) bond motifs is 1. The molecule has 0 radical (unpaired) electrons. The van der Waals surface area contributed by atoms with E-state index >= 15 is 0 Å². The summed E-state index contributed by atoms with van der Waals surface area (Å²) < 4.78 is 10.2. The van der Waals surface area contributed by atoms with E-state index in [4.69, 9.17) is 14.6 Å². The number of aliphatic hydroxyl groups is 1. The number of hydrogen-bond donors (Lipinski definition) is 1. The number of aliphatic hydroxyl groups excluding tert-OH is 1. The molecule has 0 fully saturated rings. The fraction of sp³-hybridized carbons (Fsp3) is 0.200. The number of methoxy groups -OCH3 is 1. The molecule has 0 heterocycles. The van der Waals surface area contributed by atoms with Gasteiger partial charge in [0.25, 0.3) is 0 Å². The summed E-state index contributed by atoms with van der Waals surface area (Å²) in [5, 5.41) is 10.8. The molecule has 2 rings (SSSR count). The van der Waals surface area contributed by atoms with Gasteiger partial charge in [-0.05, 0) is 35.0 Å². The maximum Gasteiger partial charge on any atom is 0.188 e. The molecule has 2 aromatic carbocycles. The molecule has 92 valence electrons. The second-order valence-corrected chi connectivity index (χ2v) is 3.73. The summed E-state index contributed by atoms with van der Waals surface area (Å²) in [6, 6.07) is 11.7. The summed E-state index contributed by atoms with van der Waals surface area (Å²) in [5.74, 6) is 6.29. The maximum atomic E-state index is 8.66. The molecule has 3 nitrogen and oxygen atoms in total. The predicted molar refractivity (Wildman–Crippen MR) is 70.4 cm³/mol. The lowest BCUT2D eigenvalue weighted by Gasteiger charge is -2.06. The Balaban J connectivity index is 2.30. The molecular formula is C15H14O3. The molecule has 3 heteroatoms. The van der Waals surface area contributed by atoms with Gasteiger partial charge in [0.15, 0.2) is 6.79 Å². The minimum absolute atomic E-state index is 0.123. The molecular weight excluding hydrogens is 228 g/mol. The van der Waals surface area contributed by atoms with Crippen molar-refractivity contribution in [3.8, 4) is 17.6 Å². The number of rotatable bonds is 3. The van der Waals surface area contributed by atoms with Crippen LogP contribution in [0.25, 0.3) is 10.8 Å². The molecule has 1 N–H and O–H groups in total. The van der Waals surface area contributed by atoms with Gasteiger partial charge in [-0.2, -0.15) is 0 Å². The Kier molecular flexibility index (Phi) is 4.19. The molecule has 0 saturated carbocycles. The van der Waals surface area contributed by atoms with Gasteiger partial charge in [-0.3, -0.25) is 0 Å². The van der Waals surface area contributed by atoms with Crippen LogP contribution in [-0.4, -0.2) is 25.6 Å². The third-order valence-corrected chi connectivity index (χ3v) is 2.47. The minimum atomic E-state index is -0.123. The molecule has 2 aromatic rings. The van der Waals surface area contributed by atoms with Crippen molar-refractivity contribution >= 4 is 10.8 Å². The van der Waals surface area contributed by atoms with Gasteiger partial charge in [0.2, 0.25) is 0 Å². The Bertz CT molecular complexity index is 593. The third kappa shape index (κ3) is 3.01. The van der Waals surface area contributed by atoms with Crippen molar-refractivity contribution in [2.45, 2.75) is 0 Å². The molecule has 0 spiro atoms. The van der Waals surface area contributed by atoms with Crippen LogP contribution in [0.5, 0.6) is 5.75 Å². The molecule has 0 unspecified atom stereocenters. The van der Waals surface area contributed by atoms with Gasteiger partial charge in [0.1, 0.15) is 12.4 Å². The molecule has 0 saturated heterocycles. The molecule has 0 aliphatic carbocycles. The van der Waals surface area contributed by atoms with Crippen LogP contribution in [0.1, 0.15) is 5.56 Å². The lowest BCUT2D eigenvalue weighted by Crippen LogP contribution is -1.98. The quantitative estimate of drug-likeness (QED) is 0.662. The van der Waals surface area contributed by atoms with Crippen LogP contribution in [-0.2, 0) is 4.74 Å². The first-order valence-corrected chi connectivity index (χ1v) is 5.59. The monoisotopic (exact) mass is 242 g/mol. The molecule has 0 aromatic heterocycles. The summed E-state index contributed by atoms with van der Waals surface area (Å²) >= 11 is 0. The van der Waals surface area contributed by atoms with Gasteiger partial charge in [-0.1, -0.05) is 24.0 Å². The smallest absolute Gasteiger partial charge is 0.188 e. The first-order chi connectivity index (χ1) is 8.83. The van der Waals surface area contributed by atoms with Crippen molar-refractivity contribution in [3.63, 3.8) is 0 Å². The molecule has 18 heavy (non-hydrogen) atoms. The van der Waals surface area contributed by atoms with Crippen LogP contribution >= 0.6 is 0 Å². The van der Waals surface area contributed by atoms with Gasteiger partial charge in [-0.15, -0.1) is 0 Å².